The lowest BCUT2D eigenvalue weighted by atomic mass is 10.0. The van der Waals surface area contributed by atoms with E-state index < -0.39 is 18.1 Å². The van der Waals surface area contributed by atoms with E-state index in [9.17, 15) is 9.90 Å². The van der Waals surface area contributed by atoms with Crippen LogP contribution in [0.2, 0.25) is 10.3 Å². The molecule has 0 fully saturated rings. The van der Waals surface area contributed by atoms with Crippen LogP contribution in [0.15, 0.2) is 12.1 Å². The zero-order valence-corrected chi connectivity index (χ0v) is 12.1. The van der Waals surface area contributed by atoms with Gasteiger partial charge in [0.15, 0.2) is 0 Å². The molecule has 0 saturated heterocycles. The molecule has 0 unspecified atom stereocenters. The van der Waals surface area contributed by atoms with E-state index in [0.29, 0.717) is 5.56 Å². The SMILES string of the molecule is CC(C)[C@@H](O)[C@H](N)C(=O)OCc1cc(Cl)nc(Cl)c1. The minimum atomic E-state index is -1.08. The van der Waals surface area contributed by atoms with E-state index in [2.05, 4.69) is 4.98 Å². The van der Waals surface area contributed by atoms with Gasteiger partial charge in [-0.25, -0.2) is 4.98 Å². The number of nitrogens with two attached hydrogens (primary N) is 1. The topological polar surface area (TPSA) is 85.4 Å². The van der Waals surface area contributed by atoms with Crippen molar-refractivity contribution in [3.8, 4) is 0 Å². The number of aliphatic hydroxyl groups excluding tert-OH is 1. The van der Waals surface area contributed by atoms with Crippen molar-refractivity contribution in [3.63, 3.8) is 0 Å². The van der Waals surface area contributed by atoms with E-state index >= 15 is 0 Å². The summed E-state index contributed by atoms with van der Waals surface area (Å²) in [6.07, 6.45) is -0.947. The number of carbonyl (C=O) groups excluding carboxylic acids is 1. The van der Waals surface area contributed by atoms with Crippen molar-refractivity contribution >= 4 is 29.2 Å². The number of halogens is 2. The summed E-state index contributed by atoms with van der Waals surface area (Å²) < 4.78 is 5.00. The van der Waals surface area contributed by atoms with Crippen LogP contribution in [0.4, 0.5) is 0 Å². The molecule has 3 N–H and O–H groups in total. The van der Waals surface area contributed by atoms with Crippen molar-refractivity contribution in [1.82, 2.24) is 4.98 Å². The maximum Gasteiger partial charge on any atom is 0.325 e. The van der Waals surface area contributed by atoms with Crippen LogP contribution in [0.3, 0.4) is 0 Å². The molecular weight excluding hydrogens is 291 g/mol. The first-order valence-electron chi connectivity index (χ1n) is 5.73. The summed E-state index contributed by atoms with van der Waals surface area (Å²) in [6, 6.07) is 1.99. The van der Waals surface area contributed by atoms with Crippen LogP contribution in [0.5, 0.6) is 0 Å². The number of rotatable bonds is 5. The molecule has 0 aliphatic heterocycles. The molecule has 0 bridgehead atoms. The number of ether oxygens (including phenoxy) is 1. The zero-order chi connectivity index (χ0) is 14.6. The number of aromatic nitrogens is 1. The molecule has 0 amide bonds. The van der Waals surface area contributed by atoms with Gasteiger partial charge in [-0.05, 0) is 23.6 Å². The normalized spacial score (nSPS) is 14.3. The predicted octanol–water partition coefficient (Wildman–Crippen LogP) is 1.78. The standard InChI is InChI=1S/C12H16Cl2N2O3/c1-6(2)11(17)10(15)12(18)19-5-7-3-8(13)16-9(14)4-7/h3-4,6,10-11,17H,5,15H2,1-2H3/t10-,11+/m0/s1. The lowest BCUT2D eigenvalue weighted by Gasteiger charge is -2.20. The van der Waals surface area contributed by atoms with Crippen molar-refractivity contribution in [2.45, 2.75) is 32.6 Å². The number of aliphatic hydroxyl groups is 1. The van der Waals surface area contributed by atoms with Gasteiger partial charge in [-0.2, -0.15) is 0 Å². The molecule has 1 aromatic heterocycles. The van der Waals surface area contributed by atoms with Crippen LogP contribution < -0.4 is 5.73 Å². The molecule has 0 radical (unpaired) electrons. The van der Waals surface area contributed by atoms with Gasteiger partial charge >= 0.3 is 5.97 Å². The predicted molar refractivity (Wildman–Crippen MR) is 72.9 cm³/mol. The van der Waals surface area contributed by atoms with Crippen LogP contribution in [0.25, 0.3) is 0 Å². The van der Waals surface area contributed by atoms with E-state index in [4.69, 9.17) is 33.7 Å². The third-order valence-corrected chi connectivity index (χ3v) is 2.91. The third-order valence-electron chi connectivity index (χ3n) is 2.53. The maximum absolute atomic E-state index is 11.6. The quantitative estimate of drug-likeness (QED) is 0.640. The van der Waals surface area contributed by atoms with Gasteiger partial charge in [0.2, 0.25) is 0 Å². The minimum absolute atomic E-state index is 0.0285. The van der Waals surface area contributed by atoms with Gasteiger partial charge in [0.25, 0.3) is 0 Å². The van der Waals surface area contributed by atoms with Crippen molar-refractivity contribution in [1.29, 1.82) is 0 Å². The molecule has 19 heavy (non-hydrogen) atoms. The molecule has 0 aliphatic rings. The van der Waals surface area contributed by atoms with Gasteiger partial charge in [0, 0.05) is 0 Å². The number of nitrogens with zero attached hydrogens (tertiary/aromatic N) is 1. The Labute approximate surface area is 121 Å². The Kier molecular flexibility index (Phi) is 6.00. The highest BCUT2D eigenvalue weighted by atomic mass is 35.5. The van der Waals surface area contributed by atoms with Crippen LogP contribution >= 0.6 is 23.2 Å². The van der Waals surface area contributed by atoms with E-state index in [-0.39, 0.29) is 22.8 Å². The van der Waals surface area contributed by atoms with Crippen LogP contribution in [0, 0.1) is 5.92 Å². The van der Waals surface area contributed by atoms with E-state index in [1.165, 1.54) is 12.1 Å². The summed E-state index contributed by atoms with van der Waals surface area (Å²) >= 11 is 11.4. The summed E-state index contributed by atoms with van der Waals surface area (Å²) in [4.78, 5) is 15.4. The minimum Gasteiger partial charge on any atom is -0.460 e. The van der Waals surface area contributed by atoms with Gasteiger partial charge in [0.1, 0.15) is 23.0 Å². The van der Waals surface area contributed by atoms with Crippen LogP contribution in [0.1, 0.15) is 19.4 Å². The summed E-state index contributed by atoms with van der Waals surface area (Å²) in [5, 5.41) is 10.1. The highest BCUT2D eigenvalue weighted by Crippen LogP contribution is 2.16. The van der Waals surface area contributed by atoms with Gasteiger partial charge in [-0.3, -0.25) is 4.79 Å². The second-order valence-electron chi connectivity index (χ2n) is 4.49. The second kappa shape index (κ2) is 7.05. The van der Waals surface area contributed by atoms with Crippen LogP contribution in [-0.4, -0.2) is 28.2 Å². The van der Waals surface area contributed by atoms with E-state index in [0.717, 1.165) is 0 Å². The Morgan fingerprint density at radius 2 is 1.95 bits per heavy atom. The summed E-state index contributed by atoms with van der Waals surface area (Å²) in [6.45, 7) is 3.50. The molecule has 5 nitrogen and oxygen atoms in total. The third kappa shape index (κ3) is 4.95. The first kappa shape index (κ1) is 16.2. The number of esters is 1. The average Bonchev–Trinajstić information content (AvgIpc) is 2.32. The lowest BCUT2D eigenvalue weighted by Crippen LogP contribution is -2.45. The van der Waals surface area contributed by atoms with Crippen molar-refractivity contribution in [2.75, 3.05) is 0 Å². The monoisotopic (exact) mass is 306 g/mol. The fourth-order valence-corrected chi connectivity index (χ4v) is 1.91. The Balaban J connectivity index is 2.59. The van der Waals surface area contributed by atoms with Gasteiger partial charge in [-0.1, -0.05) is 37.0 Å². The van der Waals surface area contributed by atoms with Crippen molar-refractivity contribution in [3.05, 3.63) is 28.0 Å². The largest absolute Gasteiger partial charge is 0.460 e. The number of hydrogen-bond acceptors (Lipinski definition) is 5. The Morgan fingerprint density at radius 3 is 2.42 bits per heavy atom. The molecule has 2 atom stereocenters. The molecule has 1 heterocycles. The zero-order valence-electron chi connectivity index (χ0n) is 10.6. The fourth-order valence-electron chi connectivity index (χ4n) is 1.40. The number of carbonyl (C=O) groups is 1. The van der Waals surface area contributed by atoms with Crippen LogP contribution in [-0.2, 0) is 16.1 Å². The van der Waals surface area contributed by atoms with E-state index in [1.807, 2.05) is 0 Å². The Morgan fingerprint density at radius 1 is 1.42 bits per heavy atom. The molecule has 0 aromatic carbocycles. The molecule has 0 saturated carbocycles. The maximum atomic E-state index is 11.6. The Hall–Kier alpha value is -0.880. The van der Waals surface area contributed by atoms with Gasteiger partial charge < -0.3 is 15.6 Å². The summed E-state index contributed by atoms with van der Waals surface area (Å²) in [5.74, 6) is -0.808. The molecule has 1 aromatic rings. The summed E-state index contributed by atoms with van der Waals surface area (Å²) in [5.41, 5.74) is 6.20. The number of hydrogen-bond donors (Lipinski definition) is 2. The fraction of sp³-hybridized carbons (Fsp3) is 0.500. The van der Waals surface area contributed by atoms with Gasteiger partial charge in [-0.15, -0.1) is 0 Å². The second-order valence-corrected chi connectivity index (χ2v) is 5.26. The number of pyridine rings is 1. The molecular formula is C12H16Cl2N2O3. The highest BCUT2D eigenvalue weighted by molar-refractivity contribution is 6.32. The first-order valence-corrected chi connectivity index (χ1v) is 6.49. The molecule has 0 spiro atoms. The summed E-state index contributed by atoms with van der Waals surface area (Å²) in [7, 11) is 0. The molecule has 1 rings (SSSR count). The van der Waals surface area contributed by atoms with E-state index in [1.54, 1.807) is 13.8 Å². The Bertz CT molecular complexity index is 434. The smallest absolute Gasteiger partial charge is 0.325 e. The molecule has 106 valence electrons. The van der Waals surface area contributed by atoms with Crippen molar-refractivity contribution < 1.29 is 14.6 Å². The molecule has 7 heteroatoms. The first-order chi connectivity index (χ1) is 8.81. The molecule has 0 aliphatic carbocycles. The van der Waals surface area contributed by atoms with Gasteiger partial charge in [0.05, 0.1) is 6.10 Å². The lowest BCUT2D eigenvalue weighted by molar-refractivity contribution is -0.150. The highest BCUT2D eigenvalue weighted by Gasteiger charge is 2.26. The average molecular weight is 307 g/mol. The van der Waals surface area contributed by atoms with Crippen molar-refractivity contribution in [2.24, 2.45) is 11.7 Å².